The highest BCUT2D eigenvalue weighted by molar-refractivity contribution is 7.99. The quantitative estimate of drug-likeness (QED) is 0.581. The van der Waals surface area contributed by atoms with E-state index in [2.05, 4.69) is 29.1 Å². The lowest BCUT2D eigenvalue weighted by Gasteiger charge is -2.08. The van der Waals surface area contributed by atoms with Gasteiger partial charge in [-0.1, -0.05) is 37.7 Å². The number of aromatic hydroxyl groups is 1. The Morgan fingerprint density at radius 2 is 2.05 bits per heavy atom. The van der Waals surface area contributed by atoms with Gasteiger partial charge in [-0.2, -0.15) is 4.98 Å². The van der Waals surface area contributed by atoms with E-state index in [0.717, 1.165) is 17.8 Å². The fraction of sp³-hybridized carbons (Fsp3) is 0.267. The van der Waals surface area contributed by atoms with Crippen molar-refractivity contribution in [2.75, 3.05) is 11.1 Å². The predicted molar refractivity (Wildman–Crippen MR) is 86.4 cm³/mol. The molecule has 0 radical (unpaired) electrons. The van der Waals surface area contributed by atoms with Crippen molar-refractivity contribution in [3.8, 4) is 5.88 Å². The molecule has 3 N–H and O–H groups in total. The topological polar surface area (TPSA) is 95.1 Å². The summed E-state index contributed by atoms with van der Waals surface area (Å²) in [5.41, 5.74) is 1.46. The Morgan fingerprint density at radius 1 is 1.36 bits per heavy atom. The summed E-state index contributed by atoms with van der Waals surface area (Å²) in [4.78, 5) is 29.2. The molecule has 0 atom stereocenters. The van der Waals surface area contributed by atoms with E-state index < -0.39 is 5.56 Å². The average molecular weight is 319 g/mol. The Kier molecular flexibility index (Phi) is 5.21. The van der Waals surface area contributed by atoms with E-state index in [9.17, 15) is 14.7 Å². The third kappa shape index (κ3) is 4.63. The molecule has 0 aliphatic rings. The molecule has 0 bridgehead atoms. The first kappa shape index (κ1) is 16.1. The van der Waals surface area contributed by atoms with Gasteiger partial charge in [0.15, 0.2) is 5.16 Å². The fourth-order valence-electron chi connectivity index (χ4n) is 1.77. The van der Waals surface area contributed by atoms with Gasteiger partial charge in [-0.15, -0.1) is 0 Å². The van der Waals surface area contributed by atoms with Gasteiger partial charge >= 0.3 is 0 Å². The van der Waals surface area contributed by atoms with Crippen molar-refractivity contribution in [1.82, 2.24) is 9.97 Å². The van der Waals surface area contributed by atoms with E-state index >= 15 is 0 Å². The van der Waals surface area contributed by atoms with E-state index in [0.29, 0.717) is 11.6 Å². The highest BCUT2D eigenvalue weighted by Crippen LogP contribution is 2.18. The van der Waals surface area contributed by atoms with E-state index in [-0.39, 0.29) is 22.7 Å². The van der Waals surface area contributed by atoms with Crippen molar-refractivity contribution in [2.24, 2.45) is 0 Å². The normalized spacial score (nSPS) is 10.7. The van der Waals surface area contributed by atoms with Crippen LogP contribution in [0.25, 0.3) is 0 Å². The standard InChI is InChI=1S/C15H17N3O3S/c1-9(2)10-3-5-11(6-4-10)16-14(21)8-22-15-17-12(19)7-13(20)18-15/h3-7,9H,8H2,1-2H3,(H,16,21)(H2,17,18,19,20). The van der Waals surface area contributed by atoms with Gasteiger partial charge in [0.2, 0.25) is 11.8 Å². The van der Waals surface area contributed by atoms with Crippen LogP contribution < -0.4 is 10.9 Å². The van der Waals surface area contributed by atoms with Crippen LogP contribution in [0.4, 0.5) is 5.69 Å². The minimum Gasteiger partial charge on any atom is -0.493 e. The van der Waals surface area contributed by atoms with Crippen LogP contribution in [-0.4, -0.2) is 26.7 Å². The number of H-pyrrole nitrogens is 1. The Bertz CT molecular complexity index is 711. The Balaban J connectivity index is 1.91. The zero-order valence-electron chi connectivity index (χ0n) is 12.3. The number of hydrogen-bond acceptors (Lipinski definition) is 5. The molecule has 0 saturated carbocycles. The number of aromatic amines is 1. The summed E-state index contributed by atoms with van der Waals surface area (Å²) in [6.07, 6.45) is 0. The van der Waals surface area contributed by atoms with E-state index in [1.54, 1.807) is 0 Å². The first-order valence-corrected chi connectivity index (χ1v) is 7.75. The number of rotatable bonds is 5. The largest absolute Gasteiger partial charge is 0.493 e. The summed E-state index contributed by atoms with van der Waals surface area (Å²) < 4.78 is 0. The molecule has 1 aromatic heterocycles. The molecule has 0 fully saturated rings. The molecule has 1 aromatic carbocycles. The lowest BCUT2D eigenvalue weighted by Crippen LogP contribution is -2.15. The summed E-state index contributed by atoms with van der Waals surface area (Å²) in [6.45, 7) is 4.21. The Labute approximate surface area is 132 Å². The molecule has 0 unspecified atom stereocenters. The smallest absolute Gasteiger partial charge is 0.255 e. The number of hydrogen-bond donors (Lipinski definition) is 3. The van der Waals surface area contributed by atoms with Crippen LogP contribution in [-0.2, 0) is 4.79 Å². The number of carbonyl (C=O) groups excluding carboxylic acids is 1. The summed E-state index contributed by atoms with van der Waals surface area (Å²) >= 11 is 1.05. The zero-order chi connectivity index (χ0) is 16.1. The van der Waals surface area contributed by atoms with Crippen molar-refractivity contribution < 1.29 is 9.90 Å². The van der Waals surface area contributed by atoms with E-state index in [1.807, 2.05) is 24.3 Å². The van der Waals surface area contributed by atoms with Crippen molar-refractivity contribution >= 4 is 23.4 Å². The summed E-state index contributed by atoms with van der Waals surface area (Å²) in [5, 5.41) is 12.2. The second-order valence-electron chi connectivity index (χ2n) is 5.02. The lowest BCUT2D eigenvalue weighted by molar-refractivity contribution is -0.113. The lowest BCUT2D eigenvalue weighted by atomic mass is 10.0. The number of carbonyl (C=O) groups is 1. The number of nitrogens with one attached hydrogen (secondary N) is 2. The van der Waals surface area contributed by atoms with Gasteiger partial charge in [-0.05, 0) is 23.6 Å². The number of anilines is 1. The third-order valence-electron chi connectivity index (χ3n) is 2.91. The molecule has 2 rings (SSSR count). The maximum atomic E-state index is 11.9. The van der Waals surface area contributed by atoms with Gasteiger partial charge in [0.1, 0.15) is 0 Å². The van der Waals surface area contributed by atoms with Crippen LogP contribution in [0.15, 0.2) is 40.3 Å². The predicted octanol–water partition coefficient (Wildman–Crippen LogP) is 2.33. The molecule has 0 aliphatic carbocycles. The summed E-state index contributed by atoms with van der Waals surface area (Å²) in [5.74, 6) is -0.0589. The van der Waals surface area contributed by atoms with Crippen molar-refractivity contribution in [1.29, 1.82) is 0 Å². The molecular weight excluding hydrogens is 302 g/mol. The van der Waals surface area contributed by atoms with Crippen LogP contribution >= 0.6 is 11.8 Å². The van der Waals surface area contributed by atoms with E-state index in [1.165, 1.54) is 5.56 Å². The Hall–Kier alpha value is -2.28. The maximum Gasteiger partial charge on any atom is 0.255 e. The minimum absolute atomic E-state index is 0.0817. The molecule has 22 heavy (non-hydrogen) atoms. The molecule has 0 aliphatic heterocycles. The fourth-order valence-corrected chi connectivity index (χ4v) is 2.44. The number of amides is 1. The molecule has 1 heterocycles. The van der Waals surface area contributed by atoms with Gasteiger partial charge < -0.3 is 15.4 Å². The monoisotopic (exact) mass is 319 g/mol. The highest BCUT2D eigenvalue weighted by atomic mass is 32.2. The highest BCUT2D eigenvalue weighted by Gasteiger charge is 2.07. The first-order valence-electron chi connectivity index (χ1n) is 6.77. The number of nitrogens with zero attached hydrogens (tertiary/aromatic N) is 1. The first-order chi connectivity index (χ1) is 10.4. The molecule has 0 spiro atoms. The minimum atomic E-state index is -0.459. The number of aromatic nitrogens is 2. The molecule has 7 heteroatoms. The van der Waals surface area contributed by atoms with Gasteiger partial charge in [-0.3, -0.25) is 9.59 Å². The molecule has 0 saturated heterocycles. The maximum absolute atomic E-state index is 11.9. The van der Waals surface area contributed by atoms with Gasteiger partial charge in [-0.25, -0.2) is 0 Å². The molecule has 116 valence electrons. The molecule has 2 aromatic rings. The van der Waals surface area contributed by atoms with Crippen molar-refractivity contribution in [3.05, 3.63) is 46.2 Å². The van der Waals surface area contributed by atoms with Gasteiger partial charge in [0.05, 0.1) is 11.8 Å². The summed E-state index contributed by atoms with van der Waals surface area (Å²) in [6, 6.07) is 8.63. The van der Waals surface area contributed by atoms with Crippen LogP contribution in [0, 0.1) is 0 Å². The van der Waals surface area contributed by atoms with Crippen LogP contribution in [0.3, 0.4) is 0 Å². The van der Waals surface area contributed by atoms with Crippen molar-refractivity contribution in [2.45, 2.75) is 24.9 Å². The number of thioether (sulfide) groups is 1. The second-order valence-corrected chi connectivity index (χ2v) is 5.99. The third-order valence-corrected chi connectivity index (χ3v) is 3.78. The van der Waals surface area contributed by atoms with E-state index in [4.69, 9.17) is 0 Å². The van der Waals surface area contributed by atoms with Crippen molar-refractivity contribution in [3.63, 3.8) is 0 Å². The van der Waals surface area contributed by atoms with Gasteiger partial charge in [0, 0.05) is 5.69 Å². The molecule has 6 nitrogen and oxygen atoms in total. The SMILES string of the molecule is CC(C)c1ccc(NC(=O)CSc2nc(O)cc(=O)[nH]2)cc1. The van der Waals surface area contributed by atoms with Crippen LogP contribution in [0.5, 0.6) is 5.88 Å². The summed E-state index contributed by atoms with van der Waals surface area (Å²) in [7, 11) is 0. The van der Waals surface area contributed by atoms with Crippen LogP contribution in [0.1, 0.15) is 25.3 Å². The molecular formula is C15H17N3O3S. The molecule has 1 amide bonds. The Morgan fingerprint density at radius 3 is 2.64 bits per heavy atom. The zero-order valence-corrected chi connectivity index (χ0v) is 13.1. The average Bonchev–Trinajstić information content (AvgIpc) is 2.45. The van der Waals surface area contributed by atoms with Crippen LogP contribution in [0.2, 0.25) is 0 Å². The van der Waals surface area contributed by atoms with Gasteiger partial charge in [0.25, 0.3) is 5.56 Å². The number of benzene rings is 1. The second kappa shape index (κ2) is 7.13.